The summed E-state index contributed by atoms with van der Waals surface area (Å²) in [6.45, 7) is 14.1. The lowest BCUT2D eigenvalue weighted by Crippen LogP contribution is -2.30. The molecule has 2 rings (SSSR count). The van der Waals surface area contributed by atoms with Crippen molar-refractivity contribution < 1.29 is 4.79 Å². The van der Waals surface area contributed by atoms with Crippen LogP contribution in [0.4, 0.5) is 0 Å². The van der Waals surface area contributed by atoms with E-state index < -0.39 is 0 Å². The summed E-state index contributed by atoms with van der Waals surface area (Å²) in [5, 5.41) is 0. The fourth-order valence-electron chi connectivity index (χ4n) is 4.95. The number of hydrogen-bond donors (Lipinski definition) is 0. The Morgan fingerprint density at radius 3 is 1.92 bits per heavy atom. The lowest BCUT2D eigenvalue weighted by atomic mass is 9.67. The second kappa shape index (κ2) is 7.92. The Bertz CT molecular complexity index is 401. The second-order valence-electron chi connectivity index (χ2n) is 11.2. The molecule has 0 spiro atoms. The van der Waals surface area contributed by atoms with E-state index in [-0.39, 0.29) is 0 Å². The number of hydrogen-bond acceptors (Lipinski definition) is 1. The summed E-state index contributed by atoms with van der Waals surface area (Å²) >= 11 is 0. The molecule has 0 N–H and O–H groups in total. The van der Waals surface area contributed by atoms with E-state index in [1.807, 2.05) is 0 Å². The average Bonchev–Trinajstić information content (AvgIpc) is 2.46. The van der Waals surface area contributed by atoms with Crippen molar-refractivity contribution in [2.24, 2.45) is 34.5 Å². The van der Waals surface area contributed by atoms with Gasteiger partial charge in [-0.05, 0) is 73.5 Å². The minimum Gasteiger partial charge on any atom is -0.299 e. The van der Waals surface area contributed by atoms with Gasteiger partial charge in [0.2, 0.25) is 0 Å². The van der Waals surface area contributed by atoms with Gasteiger partial charge < -0.3 is 0 Å². The van der Waals surface area contributed by atoms with Crippen LogP contribution in [0, 0.1) is 34.5 Å². The maximum atomic E-state index is 12.6. The van der Waals surface area contributed by atoms with Gasteiger partial charge in [0.15, 0.2) is 0 Å². The predicted octanol–water partition coefficient (Wildman–Crippen LogP) is 7.04. The highest BCUT2D eigenvalue weighted by atomic mass is 16.1. The highest BCUT2D eigenvalue weighted by Gasteiger charge is 2.34. The molecular formula is C23H42O. The van der Waals surface area contributed by atoms with Crippen LogP contribution >= 0.6 is 0 Å². The third-order valence-corrected chi connectivity index (χ3v) is 6.86. The molecular weight excluding hydrogens is 292 g/mol. The van der Waals surface area contributed by atoms with Crippen LogP contribution in [0.3, 0.4) is 0 Å². The summed E-state index contributed by atoms with van der Waals surface area (Å²) in [5.74, 6) is 3.37. The van der Waals surface area contributed by atoms with Crippen LogP contribution in [0.5, 0.6) is 0 Å². The monoisotopic (exact) mass is 334 g/mol. The zero-order chi connectivity index (χ0) is 18.0. The topological polar surface area (TPSA) is 17.1 Å². The van der Waals surface area contributed by atoms with Gasteiger partial charge in [-0.1, -0.05) is 54.4 Å². The molecule has 1 heteroatoms. The van der Waals surface area contributed by atoms with E-state index >= 15 is 0 Å². The Hall–Kier alpha value is -0.330. The molecule has 140 valence electrons. The number of rotatable bonds is 4. The molecule has 0 bridgehead atoms. The van der Waals surface area contributed by atoms with Crippen LogP contribution in [0.15, 0.2) is 0 Å². The lowest BCUT2D eigenvalue weighted by molar-refractivity contribution is -0.127. The number of carbonyl (C=O) groups is 1. The molecule has 0 saturated heterocycles. The molecule has 0 amide bonds. The van der Waals surface area contributed by atoms with Gasteiger partial charge in [0.05, 0.1) is 0 Å². The molecule has 0 heterocycles. The third kappa shape index (κ3) is 6.19. The van der Waals surface area contributed by atoms with Gasteiger partial charge in [-0.15, -0.1) is 0 Å². The van der Waals surface area contributed by atoms with Crippen LogP contribution in [0.25, 0.3) is 0 Å². The Balaban J connectivity index is 1.73. The van der Waals surface area contributed by atoms with Gasteiger partial charge in [-0.25, -0.2) is 0 Å². The smallest absolute Gasteiger partial charge is 0.136 e. The van der Waals surface area contributed by atoms with Crippen molar-refractivity contribution in [2.75, 3.05) is 0 Å². The van der Waals surface area contributed by atoms with Crippen LogP contribution in [0.2, 0.25) is 0 Å². The Labute approximate surface area is 151 Å². The predicted molar refractivity (Wildman–Crippen MR) is 104 cm³/mol. The Kier molecular flexibility index (Phi) is 6.59. The maximum Gasteiger partial charge on any atom is 0.136 e. The Morgan fingerprint density at radius 1 is 0.833 bits per heavy atom. The summed E-state index contributed by atoms with van der Waals surface area (Å²) in [5.41, 5.74) is 0.873. The zero-order valence-corrected chi connectivity index (χ0v) is 17.3. The molecule has 2 unspecified atom stereocenters. The van der Waals surface area contributed by atoms with Crippen molar-refractivity contribution in [2.45, 2.75) is 106 Å². The zero-order valence-electron chi connectivity index (χ0n) is 17.3. The molecule has 2 saturated carbocycles. The fraction of sp³-hybridized carbons (Fsp3) is 0.957. The van der Waals surface area contributed by atoms with Gasteiger partial charge >= 0.3 is 0 Å². The molecule has 0 aromatic rings. The van der Waals surface area contributed by atoms with E-state index in [0.29, 0.717) is 28.4 Å². The second-order valence-corrected chi connectivity index (χ2v) is 11.2. The summed E-state index contributed by atoms with van der Waals surface area (Å²) in [7, 11) is 0. The Morgan fingerprint density at radius 2 is 1.42 bits per heavy atom. The van der Waals surface area contributed by atoms with E-state index in [1.54, 1.807) is 0 Å². The van der Waals surface area contributed by atoms with Gasteiger partial charge in [0.1, 0.15) is 5.78 Å². The normalized spacial score (nSPS) is 32.8. The van der Waals surface area contributed by atoms with Crippen LogP contribution in [-0.4, -0.2) is 5.78 Å². The minimum absolute atomic E-state index is 0.395. The summed E-state index contributed by atoms with van der Waals surface area (Å²) in [6, 6.07) is 0. The summed E-state index contributed by atoms with van der Waals surface area (Å²) < 4.78 is 0. The van der Waals surface area contributed by atoms with Gasteiger partial charge in [-0.3, -0.25) is 4.79 Å². The van der Waals surface area contributed by atoms with E-state index in [1.165, 1.54) is 57.8 Å². The van der Waals surface area contributed by atoms with Gasteiger partial charge in [0.25, 0.3) is 0 Å². The number of carbonyl (C=O) groups excluding carboxylic acids is 1. The molecule has 0 aliphatic heterocycles. The van der Waals surface area contributed by atoms with Crippen molar-refractivity contribution in [3.8, 4) is 0 Å². The molecule has 2 atom stereocenters. The molecule has 0 aromatic carbocycles. The van der Waals surface area contributed by atoms with Crippen molar-refractivity contribution in [3.63, 3.8) is 0 Å². The van der Waals surface area contributed by atoms with Crippen molar-refractivity contribution >= 4 is 5.78 Å². The fourth-order valence-corrected chi connectivity index (χ4v) is 4.95. The first-order valence-electron chi connectivity index (χ1n) is 10.6. The van der Waals surface area contributed by atoms with E-state index in [4.69, 9.17) is 0 Å². The average molecular weight is 335 g/mol. The molecule has 0 aromatic heterocycles. The largest absolute Gasteiger partial charge is 0.299 e. The quantitative estimate of drug-likeness (QED) is 0.538. The molecule has 2 fully saturated rings. The summed E-state index contributed by atoms with van der Waals surface area (Å²) in [4.78, 5) is 12.6. The first-order valence-corrected chi connectivity index (χ1v) is 10.6. The van der Waals surface area contributed by atoms with E-state index in [9.17, 15) is 4.79 Å². The third-order valence-electron chi connectivity index (χ3n) is 6.86. The number of ketones is 1. The van der Waals surface area contributed by atoms with Crippen molar-refractivity contribution in [3.05, 3.63) is 0 Å². The molecule has 1 nitrogen and oxygen atoms in total. The first-order chi connectivity index (χ1) is 11.0. The van der Waals surface area contributed by atoms with Crippen LogP contribution in [-0.2, 0) is 4.79 Å². The highest BCUT2D eigenvalue weighted by molar-refractivity contribution is 5.81. The SMILES string of the molecule is CC(C)(C)CCC1CCC(CC2CCC(C(C)(C)C)CC2)C(=O)C1. The van der Waals surface area contributed by atoms with E-state index in [0.717, 1.165) is 18.3 Å². The van der Waals surface area contributed by atoms with Gasteiger partial charge in [-0.2, -0.15) is 0 Å². The van der Waals surface area contributed by atoms with Crippen molar-refractivity contribution in [1.82, 2.24) is 0 Å². The highest BCUT2D eigenvalue weighted by Crippen LogP contribution is 2.43. The van der Waals surface area contributed by atoms with Crippen LogP contribution < -0.4 is 0 Å². The molecule has 2 aliphatic rings. The van der Waals surface area contributed by atoms with Gasteiger partial charge in [0, 0.05) is 12.3 Å². The molecule has 0 radical (unpaired) electrons. The first kappa shape index (κ1) is 20.0. The van der Waals surface area contributed by atoms with Crippen LogP contribution in [0.1, 0.15) is 106 Å². The summed E-state index contributed by atoms with van der Waals surface area (Å²) in [6.07, 6.45) is 12.5. The maximum absolute atomic E-state index is 12.6. The molecule has 2 aliphatic carbocycles. The molecule has 24 heavy (non-hydrogen) atoms. The lowest BCUT2D eigenvalue weighted by Gasteiger charge is -2.38. The minimum atomic E-state index is 0.395. The van der Waals surface area contributed by atoms with E-state index in [2.05, 4.69) is 41.5 Å². The standard InChI is InChI=1S/C23H42O/c1-22(2,3)14-13-18-7-10-19(21(24)16-18)15-17-8-11-20(12-9-17)23(4,5)6/h17-20H,7-16H2,1-6H3. The number of Topliss-reactive ketones (excluding diaryl/α,β-unsaturated/α-hetero) is 1. The van der Waals surface area contributed by atoms with Crippen molar-refractivity contribution in [1.29, 1.82) is 0 Å².